The van der Waals surface area contributed by atoms with Gasteiger partial charge in [-0.2, -0.15) is 0 Å². The molecule has 0 saturated carbocycles. The molecule has 0 amide bonds. The maximum absolute atomic E-state index is 10.8. The highest BCUT2D eigenvalue weighted by atomic mass is 35.5. The molecular formula is C22H23Cl2NO4. The van der Waals surface area contributed by atoms with Crippen LogP contribution in [0.2, 0.25) is 10.0 Å². The number of benzene rings is 2. The third-order valence-corrected chi connectivity index (χ3v) is 6.38. The van der Waals surface area contributed by atoms with Crippen molar-refractivity contribution in [3.05, 3.63) is 63.1 Å². The molecule has 1 N–H and O–H groups in total. The third-order valence-electron chi connectivity index (χ3n) is 5.78. The first-order chi connectivity index (χ1) is 13.9. The number of fused-ring (bicyclic) bond motifs is 2. The zero-order valence-electron chi connectivity index (χ0n) is 16.0. The Hall–Kier alpha value is -1.79. The van der Waals surface area contributed by atoms with Crippen LogP contribution in [0.15, 0.2) is 36.4 Å². The molecule has 2 aromatic rings. The maximum Gasteiger partial charge on any atom is 0.304 e. The first-order valence-electron chi connectivity index (χ1n) is 9.73. The average Bonchev–Trinajstić information content (AvgIpc) is 3.06. The molecule has 2 aromatic carbocycles. The van der Waals surface area contributed by atoms with Gasteiger partial charge in [0.1, 0.15) is 12.4 Å². The van der Waals surface area contributed by atoms with Crippen LogP contribution in [0.25, 0.3) is 0 Å². The van der Waals surface area contributed by atoms with Crippen molar-refractivity contribution in [3.8, 4) is 5.75 Å². The van der Waals surface area contributed by atoms with Gasteiger partial charge in [-0.1, -0.05) is 29.3 Å². The van der Waals surface area contributed by atoms with Gasteiger partial charge in [0.25, 0.3) is 0 Å². The highest BCUT2D eigenvalue weighted by Gasteiger charge is 2.42. The van der Waals surface area contributed by atoms with E-state index in [-0.39, 0.29) is 12.0 Å². The number of piperidine rings is 1. The van der Waals surface area contributed by atoms with Gasteiger partial charge in [0.05, 0.1) is 18.6 Å². The lowest BCUT2D eigenvalue weighted by atomic mass is 9.83. The zero-order chi connectivity index (χ0) is 20.4. The SMILES string of the molecule is O=C(O)CCN1CCC2(CC1)OCc1cc(OCc3cc(Cl)ccc3Cl)ccc12. The smallest absolute Gasteiger partial charge is 0.304 e. The molecular weight excluding hydrogens is 413 g/mol. The summed E-state index contributed by atoms with van der Waals surface area (Å²) in [5.74, 6) is 0.0266. The number of hydrogen-bond acceptors (Lipinski definition) is 4. The fraction of sp³-hybridized carbons (Fsp3) is 0.409. The molecule has 1 fully saturated rings. The number of rotatable bonds is 6. The molecule has 0 unspecified atom stereocenters. The first-order valence-corrected chi connectivity index (χ1v) is 10.5. The number of nitrogens with zero attached hydrogens (tertiary/aromatic N) is 1. The van der Waals surface area contributed by atoms with E-state index in [0.717, 1.165) is 42.8 Å². The van der Waals surface area contributed by atoms with E-state index >= 15 is 0 Å². The van der Waals surface area contributed by atoms with Gasteiger partial charge in [0, 0.05) is 35.2 Å². The van der Waals surface area contributed by atoms with Crippen LogP contribution < -0.4 is 4.74 Å². The van der Waals surface area contributed by atoms with Crippen molar-refractivity contribution in [1.29, 1.82) is 0 Å². The molecule has 2 aliphatic rings. The minimum atomic E-state index is -0.751. The largest absolute Gasteiger partial charge is 0.489 e. The minimum absolute atomic E-state index is 0.182. The maximum atomic E-state index is 10.8. The van der Waals surface area contributed by atoms with Crippen LogP contribution in [0, 0.1) is 0 Å². The van der Waals surface area contributed by atoms with Gasteiger partial charge in [0.2, 0.25) is 0 Å². The Morgan fingerprint density at radius 1 is 1.17 bits per heavy atom. The Morgan fingerprint density at radius 3 is 2.72 bits per heavy atom. The number of hydrogen-bond donors (Lipinski definition) is 1. The molecule has 1 spiro atoms. The predicted octanol–water partition coefficient (Wildman–Crippen LogP) is 4.87. The summed E-state index contributed by atoms with van der Waals surface area (Å²) in [5.41, 5.74) is 2.97. The van der Waals surface area contributed by atoms with Crippen LogP contribution in [0.3, 0.4) is 0 Å². The number of carboxylic acid groups (broad SMARTS) is 1. The Morgan fingerprint density at radius 2 is 1.97 bits per heavy atom. The molecule has 29 heavy (non-hydrogen) atoms. The molecule has 1 saturated heterocycles. The molecule has 2 heterocycles. The second-order valence-electron chi connectivity index (χ2n) is 7.61. The van der Waals surface area contributed by atoms with Crippen molar-refractivity contribution >= 4 is 29.2 Å². The summed E-state index contributed by atoms with van der Waals surface area (Å²) < 4.78 is 12.2. The molecule has 0 aliphatic carbocycles. The molecule has 0 atom stereocenters. The van der Waals surface area contributed by atoms with Crippen LogP contribution in [0.4, 0.5) is 0 Å². The molecule has 0 radical (unpaired) electrons. The van der Waals surface area contributed by atoms with Gasteiger partial charge < -0.3 is 19.5 Å². The summed E-state index contributed by atoms with van der Waals surface area (Å²) >= 11 is 12.3. The van der Waals surface area contributed by atoms with E-state index in [1.807, 2.05) is 18.2 Å². The number of carboxylic acids is 1. The Balaban J connectivity index is 1.40. The van der Waals surface area contributed by atoms with Gasteiger partial charge in [-0.05, 0) is 54.3 Å². The standard InChI is InChI=1S/C22H23Cl2NO4/c23-17-1-4-20(24)16(11-17)13-28-18-2-3-19-15(12-18)14-29-22(19)6-9-25(10-7-22)8-5-21(26)27/h1-4,11-12H,5-10,13-14H2,(H,26,27). The lowest BCUT2D eigenvalue weighted by Gasteiger charge is -2.39. The fourth-order valence-corrected chi connectivity index (χ4v) is 4.50. The normalized spacial score (nSPS) is 18.0. The van der Waals surface area contributed by atoms with Gasteiger partial charge in [-0.25, -0.2) is 0 Å². The van der Waals surface area contributed by atoms with Crippen molar-refractivity contribution in [2.75, 3.05) is 19.6 Å². The first kappa shape index (κ1) is 20.5. The zero-order valence-corrected chi connectivity index (χ0v) is 17.5. The summed E-state index contributed by atoms with van der Waals surface area (Å²) in [6.07, 6.45) is 1.93. The summed E-state index contributed by atoms with van der Waals surface area (Å²) in [6.45, 7) is 3.20. The van der Waals surface area contributed by atoms with E-state index < -0.39 is 5.97 Å². The van der Waals surface area contributed by atoms with Crippen molar-refractivity contribution in [2.24, 2.45) is 0 Å². The van der Waals surface area contributed by atoms with Gasteiger partial charge >= 0.3 is 5.97 Å². The van der Waals surface area contributed by atoms with Crippen molar-refractivity contribution < 1.29 is 19.4 Å². The fourth-order valence-electron chi connectivity index (χ4n) is 4.14. The summed E-state index contributed by atoms with van der Waals surface area (Å²) in [4.78, 5) is 13.0. The van der Waals surface area contributed by atoms with E-state index in [1.54, 1.807) is 12.1 Å². The molecule has 0 bridgehead atoms. The number of halogens is 2. The minimum Gasteiger partial charge on any atom is -0.489 e. The van der Waals surface area contributed by atoms with Crippen LogP contribution in [-0.2, 0) is 28.3 Å². The lowest BCUT2D eigenvalue weighted by Crippen LogP contribution is -2.43. The summed E-state index contributed by atoms with van der Waals surface area (Å²) in [5, 5.41) is 10.1. The highest BCUT2D eigenvalue weighted by Crippen LogP contribution is 2.45. The quantitative estimate of drug-likeness (QED) is 0.701. The summed E-state index contributed by atoms with van der Waals surface area (Å²) in [6, 6.07) is 11.5. The number of aliphatic carboxylic acids is 1. The van der Waals surface area contributed by atoms with E-state index in [9.17, 15) is 4.79 Å². The Labute approximate surface area is 180 Å². The summed E-state index contributed by atoms with van der Waals surface area (Å²) in [7, 11) is 0. The molecule has 5 nitrogen and oxygen atoms in total. The van der Waals surface area contributed by atoms with E-state index in [2.05, 4.69) is 11.0 Å². The molecule has 4 rings (SSSR count). The van der Waals surface area contributed by atoms with Crippen molar-refractivity contribution in [3.63, 3.8) is 0 Å². The molecule has 7 heteroatoms. The predicted molar refractivity (Wildman–Crippen MR) is 112 cm³/mol. The van der Waals surface area contributed by atoms with Crippen LogP contribution >= 0.6 is 23.2 Å². The lowest BCUT2D eigenvalue weighted by molar-refractivity contribution is -0.137. The molecule has 2 aliphatic heterocycles. The number of carbonyl (C=O) groups is 1. The second-order valence-corrected chi connectivity index (χ2v) is 8.46. The monoisotopic (exact) mass is 435 g/mol. The number of ether oxygens (including phenoxy) is 2. The highest BCUT2D eigenvalue weighted by molar-refractivity contribution is 6.33. The molecule has 0 aromatic heterocycles. The topological polar surface area (TPSA) is 59.0 Å². The van der Waals surface area contributed by atoms with E-state index in [1.165, 1.54) is 5.56 Å². The second kappa shape index (κ2) is 8.52. The van der Waals surface area contributed by atoms with Crippen LogP contribution in [0.1, 0.15) is 36.0 Å². The van der Waals surface area contributed by atoms with Crippen molar-refractivity contribution in [2.45, 2.75) is 38.1 Å². The Bertz CT molecular complexity index is 910. The van der Waals surface area contributed by atoms with Crippen LogP contribution in [0.5, 0.6) is 5.75 Å². The van der Waals surface area contributed by atoms with Gasteiger partial charge in [-0.15, -0.1) is 0 Å². The van der Waals surface area contributed by atoms with Gasteiger partial charge in [-0.3, -0.25) is 4.79 Å². The van der Waals surface area contributed by atoms with Gasteiger partial charge in [0.15, 0.2) is 0 Å². The average molecular weight is 436 g/mol. The van der Waals surface area contributed by atoms with Crippen LogP contribution in [-0.4, -0.2) is 35.6 Å². The Kier molecular flexibility index (Phi) is 6.02. The van der Waals surface area contributed by atoms with E-state index in [0.29, 0.717) is 29.8 Å². The third kappa shape index (κ3) is 4.53. The van der Waals surface area contributed by atoms with Crippen molar-refractivity contribution in [1.82, 2.24) is 4.90 Å². The van der Waals surface area contributed by atoms with E-state index in [4.69, 9.17) is 37.8 Å². The molecule has 154 valence electrons. The number of likely N-dealkylation sites (tertiary alicyclic amines) is 1.